The molecule has 0 amide bonds. The van der Waals surface area contributed by atoms with Gasteiger partial charge in [0, 0.05) is 24.1 Å². The third kappa shape index (κ3) is 3.30. The summed E-state index contributed by atoms with van der Waals surface area (Å²) in [5.74, 6) is 0. The van der Waals surface area contributed by atoms with E-state index in [0.29, 0.717) is 0 Å². The van der Waals surface area contributed by atoms with Crippen molar-refractivity contribution in [3.63, 3.8) is 0 Å². The molecule has 0 aliphatic carbocycles. The van der Waals surface area contributed by atoms with Gasteiger partial charge in [-0.15, -0.1) is 0 Å². The van der Waals surface area contributed by atoms with Gasteiger partial charge < -0.3 is 10.0 Å². The van der Waals surface area contributed by atoms with Crippen LogP contribution in [0.15, 0.2) is 28.7 Å². The Bertz CT molecular complexity index is 329. The lowest BCUT2D eigenvalue weighted by atomic mass is 10.1. The lowest BCUT2D eigenvalue weighted by Crippen LogP contribution is -2.24. The first-order valence-corrected chi connectivity index (χ1v) is 6.18. The summed E-state index contributed by atoms with van der Waals surface area (Å²) >= 11 is 3.47. The lowest BCUT2D eigenvalue weighted by Gasteiger charge is -2.14. The highest BCUT2D eigenvalue weighted by Gasteiger charge is 2.19. The van der Waals surface area contributed by atoms with E-state index in [9.17, 15) is 5.11 Å². The number of benzene rings is 1. The number of aliphatic hydroxyl groups excluding tert-OH is 1. The molecule has 82 valence electrons. The van der Waals surface area contributed by atoms with Crippen molar-refractivity contribution >= 4 is 15.9 Å². The zero-order valence-electron chi connectivity index (χ0n) is 8.69. The molecule has 1 atom stereocenters. The summed E-state index contributed by atoms with van der Waals surface area (Å²) in [4.78, 5) is 2.32. The van der Waals surface area contributed by atoms with Gasteiger partial charge in [0.2, 0.25) is 0 Å². The maximum Gasteiger partial charge on any atom is 0.0679 e. The summed E-state index contributed by atoms with van der Waals surface area (Å²) in [5.41, 5.74) is 1.35. The Morgan fingerprint density at radius 2 is 2.33 bits per heavy atom. The standard InChI is InChI=1S/C12H16BrNO/c13-11-3-1-2-10(8-11)4-6-14-7-5-12(15)9-14/h1-3,8,12,15H,4-7,9H2. The van der Waals surface area contributed by atoms with Crippen LogP contribution in [0.1, 0.15) is 12.0 Å². The topological polar surface area (TPSA) is 23.5 Å². The monoisotopic (exact) mass is 269 g/mol. The second-order valence-electron chi connectivity index (χ2n) is 4.12. The number of halogens is 1. The van der Waals surface area contributed by atoms with Crippen LogP contribution in [-0.2, 0) is 6.42 Å². The number of hydrogen-bond acceptors (Lipinski definition) is 2. The molecule has 0 spiro atoms. The van der Waals surface area contributed by atoms with Gasteiger partial charge in [0.05, 0.1) is 6.10 Å². The molecule has 1 saturated heterocycles. The SMILES string of the molecule is OC1CCN(CCc2cccc(Br)c2)C1. The van der Waals surface area contributed by atoms with Crippen LogP contribution in [0.4, 0.5) is 0 Å². The highest BCUT2D eigenvalue weighted by molar-refractivity contribution is 9.10. The van der Waals surface area contributed by atoms with Crippen molar-refractivity contribution in [3.8, 4) is 0 Å². The maximum absolute atomic E-state index is 9.39. The van der Waals surface area contributed by atoms with Gasteiger partial charge in [-0.25, -0.2) is 0 Å². The fourth-order valence-electron chi connectivity index (χ4n) is 1.99. The highest BCUT2D eigenvalue weighted by atomic mass is 79.9. The smallest absolute Gasteiger partial charge is 0.0679 e. The van der Waals surface area contributed by atoms with Crippen LogP contribution in [0.25, 0.3) is 0 Å². The van der Waals surface area contributed by atoms with E-state index in [0.717, 1.165) is 36.9 Å². The third-order valence-corrected chi connectivity index (χ3v) is 3.35. The Labute approximate surface area is 99.0 Å². The van der Waals surface area contributed by atoms with Gasteiger partial charge >= 0.3 is 0 Å². The molecule has 1 heterocycles. The summed E-state index contributed by atoms with van der Waals surface area (Å²) in [6.45, 7) is 2.93. The van der Waals surface area contributed by atoms with Gasteiger partial charge in [-0.05, 0) is 30.5 Å². The van der Waals surface area contributed by atoms with E-state index >= 15 is 0 Å². The summed E-state index contributed by atoms with van der Waals surface area (Å²) < 4.78 is 1.14. The van der Waals surface area contributed by atoms with E-state index in [1.54, 1.807) is 0 Å². The highest BCUT2D eigenvalue weighted by Crippen LogP contribution is 2.14. The zero-order chi connectivity index (χ0) is 10.7. The van der Waals surface area contributed by atoms with Crippen molar-refractivity contribution in [2.24, 2.45) is 0 Å². The Morgan fingerprint density at radius 3 is 3.00 bits per heavy atom. The van der Waals surface area contributed by atoms with Gasteiger partial charge in [-0.3, -0.25) is 0 Å². The van der Waals surface area contributed by atoms with E-state index in [2.05, 4.69) is 39.0 Å². The zero-order valence-corrected chi connectivity index (χ0v) is 10.3. The minimum Gasteiger partial charge on any atom is -0.392 e. The minimum absolute atomic E-state index is 0.104. The average Bonchev–Trinajstić information content (AvgIpc) is 2.62. The van der Waals surface area contributed by atoms with Crippen molar-refractivity contribution in [2.75, 3.05) is 19.6 Å². The summed E-state index contributed by atoms with van der Waals surface area (Å²) in [7, 11) is 0. The van der Waals surface area contributed by atoms with E-state index in [-0.39, 0.29) is 6.10 Å². The molecule has 1 unspecified atom stereocenters. The average molecular weight is 270 g/mol. The quantitative estimate of drug-likeness (QED) is 0.908. The van der Waals surface area contributed by atoms with E-state index in [1.807, 2.05) is 6.07 Å². The van der Waals surface area contributed by atoms with Gasteiger partial charge in [0.1, 0.15) is 0 Å². The molecule has 1 aliphatic rings. The molecule has 2 nitrogen and oxygen atoms in total. The first-order chi connectivity index (χ1) is 7.24. The molecule has 1 aromatic carbocycles. The van der Waals surface area contributed by atoms with Crippen molar-refractivity contribution in [2.45, 2.75) is 18.9 Å². The molecule has 1 aromatic rings. The Hall–Kier alpha value is -0.380. The number of rotatable bonds is 3. The number of β-amino-alcohol motifs (C(OH)–C–C–N with tert-alkyl or cyclic N) is 1. The van der Waals surface area contributed by atoms with Crippen LogP contribution in [0.3, 0.4) is 0 Å². The number of aliphatic hydroxyl groups is 1. The predicted octanol–water partition coefficient (Wildman–Crippen LogP) is 2.06. The van der Waals surface area contributed by atoms with Crippen molar-refractivity contribution < 1.29 is 5.11 Å². The van der Waals surface area contributed by atoms with Crippen molar-refractivity contribution in [1.82, 2.24) is 4.90 Å². The fourth-order valence-corrected chi connectivity index (χ4v) is 2.44. The van der Waals surface area contributed by atoms with Gasteiger partial charge in [-0.1, -0.05) is 28.1 Å². The largest absolute Gasteiger partial charge is 0.392 e. The van der Waals surface area contributed by atoms with Gasteiger partial charge in [0.25, 0.3) is 0 Å². The van der Waals surface area contributed by atoms with Crippen LogP contribution in [0.2, 0.25) is 0 Å². The summed E-state index contributed by atoms with van der Waals surface area (Å²) in [6.07, 6.45) is 1.89. The van der Waals surface area contributed by atoms with Crippen molar-refractivity contribution in [3.05, 3.63) is 34.3 Å². The van der Waals surface area contributed by atoms with Gasteiger partial charge in [-0.2, -0.15) is 0 Å². The fraction of sp³-hybridized carbons (Fsp3) is 0.500. The van der Waals surface area contributed by atoms with Crippen molar-refractivity contribution in [1.29, 1.82) is 0 Å². The van der Waals surface area contributed by atoms with Crippen LogP contribution in [0.5, 0.6) is 0 Å². The van der Waals surface area contributed by atoms with E-state index in [1.165, 1.54) is 5.56 Å². The Balaban J connectivity index is 1.83. The summed E-state index contributed by atoms with van der Waals surface area (Å²) in [5, 5.41) is 9.39. The predicted molar refractivity (Wildman–Crippen MR) is 64.9 cm³/mol. The van der Waals surface area contributed by atoms with Crippen LogP contribution < -0.4 is 0 Å². The molecule has 1 fully saturated rings. The van der Waals surface area contributed by atoms with E-state index < -0.39 is 0 Å². The molecule has 1 aliphatic heterocycles. The minimum atomic E-state index is -0.104. The summed E-state index contributed by atoms with van der Waals surface area (Å²) in [6, 6.07) is 8.42. The molecule has 1 N–H and O–H groups in total. The maximum atomic E-state index is 9.39. The molecule has 15 heavy (non-hydrogen) atoms. The number of hydrogen-bond donors (Lipinski definition) is 1. The second kappa shape index (κ2) is 5.10. The van der Waals surface area contributed by atoms with E-state index in [4.69, 9.17) is 0 Å². The Morgan fingerprint density at radius 1 is 1.47 bits per heavy atom. The van der Waals surface area contributed by atoms with Crippen LogP contribution >= 0.6 is 15.9 Å². The first-order valence-electron chi connectivity index (χ1n) is 5.39. The van der Waals surface area contributed by atoms with Crippen LogP contribution in [0, 0.1) is 0 Å². The number of nitrogens with zero attached hydrogens (tertiary/aromatic N) is 1. The third-order valence-electron chi connectivity index (χ3n) is 2.85. The molecule has 0 aromatic heterocycles. The molecular formula is C12H16BrNO. The Kier molecular flexibility index (Phi) is 3.78. The first kappa shape index (κ1) is 11.1. The second-order valence-corrected chi connectivity index (χ2v) is 5.04. The molecule has 2 rings (SSSR count). The molecule has 0 radical (unpaired) electrons. The molecular weight excluding hydrogens is 254 g/mol. The lowest BCUT2D eigenvalue weighted by molar-refractivity contribution is 0.177. The molecule has 0 saturated carbocycles. The molecule has 0 bridgehead atoms. The van der Waals surface area contributed by atoms with Crippen LogP contribution in [-0.4, -0.2) is 35.7 Å². The van der Waals surface area contributed by atoms with Gasteiger partial charge in [0.15, 0.2) is 0 Å². The molecule has 3 heteroatoms. The number of likely N-dealkylation sites (tertiary alicyclic amines) is 1. The normalized spacial score (nSPS) is 22.1.